The third-order valence-corrected chi connectivity index (χ3v) is 4.77. The van der Waals surface area contributed by atoms with Crippen molar-refractivity contribution in [1.29, 1.82) is 0 Å². The first kappa shape index (κ1) is 21.7. The van der Waals surface area contributed by atoms with Gasteiger partial charge in [-0.1, -0.05) is 84.1 Å². The van der Waals surface area contributed by atoms with Crippen LogP contribution in [0.1, 0.15) is 31.4 Å². The Morgan fingerprint density at radius 2 is 1.48 bits per heavy atom. The van der Waals surface area contributed by atoms with Crippen molar-refractivity contribution in [2.45, 2.75) is 25.9 Å². The summed E-state index contributed by atoms with van der Waals surface area (Å²) in [4.78, 5) is 2.26. The van der Waals surface area contributed by atoms with E-state index in [1.54, 1.807) is 0 Å². The van der Waals surface area contributed by atoms with Gasteiger partial charge in [0.05, 0.1) is 6.54 Å². The van der Waals surface area contributed by atoms with Gasteiger partial charge in [-0.3, -0.25) is 4.90 Å². The van der Waals surface area contributed by atoms with Crippen LogP contribution in [0.15, 0.2) is 59.1 Å². The summed E-state index contributed by atoms with van der Waals surface area (Å²) in [5, 5.41) is 11.4. The molecule has 0 fully saturated rings. The van der Waals surface area contributed by atoms with Crippen molar-refractivity contribution < 1.29 is 5.11 Å². The van der Waals surface area contributed by atoms with Crippen molar-refractivity contribution in [3.63, 3.8) is 0 Å². The summed E-state index contributed by atoms with van der Waals surface area (Å²) in [6, 6.07) is 17.6. The lowest BCUT2D eigenvalue weighted by atomic mass is 9.84. The van der Waals surface area contributed by atoms with Gasteiger partial charge in [-0.2, -0.15) is 0 Å². The van der Waals surface area contributed by atoms with Crippen LogP contribution in [0.25, 0.3) is 0 Å². The number of rotatable bonds is 6. The summed E-state index contributed by atoms with van der Waals surface area (Å²) in [6.07, 6.45) is 0.375. The first-order valence-corrected chi connectivity index (χ1v) is 9.11. The van der Waals surface area contributed by atoms with Gasteiger partial charge in [0.2, 0.25) is 0 Å². The van der Waals surface area contributed by atoms with Gasteiger partial charge in [0.1, 0.15) is 5.60 Å². The van der Waals surface area contributed by atoms with Crippen LogP contribution in [0.2, 0.25) is 0 Å². The van der Waals surface area contributed by atoms with Crippen LogP contribution in [0, 0.1) is 11.8 Å². The van der Waals surface area contributed by atoms with E-state index in [0.717, 1.165) is 35.2 Å². The summed E-state index contributed by atoms with van der Waals surface area (Å²) in [6.45, 7) is 6.97. The molecule has 0 amide bonds. The zero-order valence-electron chi connectivity index (χ0n) is 14.7. The lowest BCUT2D eigenvalue weighted by Gasteiger charge is -2.27. The highest BCUT2D eigenvalue weighted by atomic mass is 79.9. The van der Waals surface area contributed by atoms with Crippen molar-refractivity contribution in [1.82, 2.24) is 4.90 Å². The highest BCUT2D eigenvalue weighted by Crippen LogP contribution is 2.33. The molecule has 0 aliphatic carbocycles. The third kappa shape index (κ3) is 5.87. The minimum Gasteiger partial charge on any atom is -0.379 e. The summed E-state index contributed by atoms with van der Waals surface area (Å²) in [5.41, 5.74) is 0.622. The number of aliphatic hydroxyl groups is 1. The number of hydrogen-bond donors (Lipinski definition) is 1. The lowest BCUT2D eigenvalue weighted by Crippen LogP contribution is -2.27. The summed E-state index contributed by atoms with van der Waals surface area (Å²) in [5.74, 6) is 6.38. The smallest absolute Gasteiger partial charge is 0.125 e. The molecule has 2 nitrogen and oxygen atoms in total. The second-order valence-corrected chi connectivity index (χ2v) is 6.64. The van der Waals surface area contributed by atoms with Crippen LogP contribution in [0.5, 0.6) is 0 Å². The molecule has 1 N–H and O–H groups in total. The summed E-state index contributed by atoms with van der Waals surface area (Å²) in [7, 11) is 0. The Bertz CT molecular complexity index is 689. The van der Waals surface area contributed by atoms with Gasteiger partial charge in [0, 0.05) is 10.9 Å². The van der Waals surface area contributed by atoms with Crippen LogP contribution < -0.4 is 0 Å². The SMILES string of the molecule is CCN(CC)CC#CCC(O)(c1ccccc1)c1ccc(Br)cc1.Cl. The average Bonchev–Trinajstić information content (AvgIpc) is 2.63. The molecule has 0 aromatic heterocycles. The van der Waals surface area contributed by atoms with E-state index < -0.39 is 5.60 Å². The molecule has 2 aromatic carbocycles. The fraction of sp³-hybridized carbons (Fsp3) is 0.333. The molecule has 0 spiro atoms. The van der Waals surface area contributed by atoms with E-state index in [9.17, 15) is 5.11 Å². The van der Waals surface area contributed by atoms with Gasteiger partial charge >= 0.3 is 0 Å². The topological polar surface area (TPSA) is 23.5 Å². The van der Waals surface area contributed by atoms with Crippen molar-refractivity contribution in [2.24, 2.45) is 0 Å². The van der Waals surface area contributed by atoms with E-state index in [4.69, 9.17) is 0 Å². The molecule has 1 atom stereocenters. The molecule has 0 bridgehead atoms. The molecule has 4 heteroatoms. The molecule has 0 saturated heterocycles. The molecule has 2 rings (SSSR count). The number of hydrogen-bond acceptors (Lipinski definition) is 2. The molecule has 0 radical (unpaired) electrons. The first-order chi connectivity index (χ1) is 11.6. The van der Waals surface area contributed by atoms with Crippen LogP contribution >= 0.6 is 28.3 Å². The van der Waals surface area contributed by atoms with Gasteiger partial charge in [0.25, 0.3) is 0 Å². The standard InChI is InChI=1S/C21H24BrNO.ClH/c1-3-23(4-2)17-9-8-16-21(24,18-10-6-5-7-11-18)19-12-14-20(22)15-13-19;/h5-7,10-15,24H,3-4,16-17H2,1-2H3;1H. The average molecular weight is 423 g/mol. The lowest BCUT2D eigenvalue weighted by molar-refractivity contribution is 0.0864. The number of halogens is 2. The summed E-state index contributed by atoms with van der Waals surface area (Å²) < 4.78 is 0.995. The zero-order valence-corrected chi connectivity index (χ0v) is 17.1. The van der Waals surface area contributed by atoms with Gasteiger partial charge in [-0.25, -0.2) is 0 Å². The van der Waals surface area contributed by atoms with Crippen molar-refractivity contribution >= 4 is 28.3 Å². The molecule has 0 aliphatic rings. The minimum atomic E-state index is -1.10. The fourth-order valence-corrected chi connectivity index (χ4v) is 2.88. The first-order valence-electron chi connectivity index (χ1n) is 8.32. The Hall–Kier alpha value is -1.31. The molecule has 2 aromatic rings. The normalized spacial score (nSPS) is 12.7. The van der Waals surface area contributed by atoms with Crippen LogP contribution in [-0.2, 0) is 5.60 Å². The number of nitrogens with zero attached hydrogens (tertiary/aromatic N) is 1. The maximum atomic E-state index is 11.4. The highest BCUT2D eigenvalue weighted by Gasteiger charge is 2.30. The zero-order chi connectivity index (χ0) is 17.4. The van der Waals surface area contributed by atoms with Gasteiger partial charge in [0.15, 0.2) is 0 Å². The minimum absolute atomic E-state index is 0. The third-order valence-electron chi connectivity index (χ3n) is 4.24. The van der Waals surface area contributed by atoms with Crippen molar-refractivity contribution in [3.05, 3.63) is 70.2 Å². The molecule has 0 heterocycles. The molecular formula is C21H25BrClNO. The second-order valence-electron chi connectivity index (χ2n) is 5.72. The Morgan fingerprint density at radius 3 is 2.04 bits per heavy atom. The fourth-order valence-electron chi connectivity index (χ4n) is 2.62. The van der Waals surface area contributed by atoms with E-state index in [0.29, 0.717) is 6.42 Å². The van der Waals surface area contributed by atoms with E-state index >= 15 is 0 Å². The number of benzene rings is 2. The van der Waals surface area contributed by atoms with E-state index in [1.165, 1.54) is 0 Å². The van der Waals surface area contributed by atoms with Crippen LogP contribution in [-0.4, -0.2) is 29.6 Å². The Kier molecular flexibility index (Phi) is 9.24. The predicted octanol–water partition coefficient (Wildman–Crippen LogP) is 4.84. The molecule has 0 saturated carbocycles. The largest absolute Gasteiger partial charge is 0.379 e. The molecule has 134 valence electrons. The molecular weight excluding hydrogens is 398 g/mol. The maximum absolute atomic E-state index is 11.4. The maximum Gasteiger partial charge on any atom is 0.125 e. The Balaban J connectivity index is 0.00000312. The molecule has 25 heavy (non-hydrogen) atoms. The van der Waals surface area contributed by atoms with Crippen LogP contribution in [0.3, 0.4) is 0 Å². The van der Waals surface area contributed by atoms with Crippen molar-refractivity contribution in [3.8, 4) is 11.8 Å². The van der Waals surface area contributed by atoms with E-state index in [-0.39, 0.29) is 12.4 Å². The van der Waals surface area contributed by atoms with E-state index in [1.807, 2.05) is 54.6 Å². The monoisotopic (exact) mass is 421 g/mol. The predicted molar refractivity (Wildman–Crippen MR) is 111 cm³/mol. The molecule has 0 aliphatic heterocycles. The van der Waals surface area contributed by atoms with Crippen molar-refractivity contribution in [2.75, 3.05) is 19.6 Å². The molecule has 1 unspecified atom stereocenters. The summed E-state index contributed by atoms with van der Waals surface area (Å²) >= 11 is 3.45. The van der Waals surface area contributed by atoms with Crippen LogP contribution in [0.4, 0.5) is 0 Å². The highest BCUT2D eigenvalue weighted by molar-refractivity contribution is 9.10. The Labute approximate surface area is 165 Å². The van der Waals surface area contributed by atoms with Gasteiger partial charge in [-0.05, 0) is 36.3 Å². The van der Waals surface area contributed by atoms with Gasteiger partial charge in [-0.15, -0.1) is 12.4 Å². The quantitative estimate of drug-likeness (QED) is 0.673. The second kappa shape index (κ2) is 10.6. The Morgan fingerprint density at radius 1 is 0.920 bits per heavy atom. The van der Waals surface area contributed by atoms with E-state index in [2.05, 4.69) is 46.5 Å². The van der Waals surface area contributed by atoms with Gasteiger partial charge < -0.3 is 5.11 Å².